The third kappa shape index (κ3) is 3.18. The van der Waals surface area contributed by atoms with Crippen molar-refractivity contribution < 1.29 is 13.6 Å². The highest BCUT2D eigenvalue weighted by Gasteiger charge is 2.43. The summed E-state index contributed by atoms with van der Waals surface area (Å²) in [4.78, 5) is 13.5. The van der Waals surface area contributed by atoms with E-state index in [1.54, 1.807) is 18.0 Å². The smallest absolute Gasteiger partial charge is 0.272 e. The number of aromatic nitrogens is 2. The molecule has 102 valence electrons. The van der Waals surface area contributed by atoms with Crippen LogP contribution in [0.25, 0.3) is 0 Å². The summed E-state index contributed by atoms with van der Waals surface area (Å²) in [5.41, 5.74) is 0.884. The number of terminal acetylenes is 1. The molecule has 0 atom stereocenters. The first-order chi connectivity index (χ1) is 8.91. The molecule has 0 aromatic carbocycles. The highest BCUT2D eigenvalue weighted by atomic mass is 19.3. The minimum absolute atomic E-state index is 0.107. The van der Waals surface area contributed by atoms with Gasteiger partial charge in [-0.3, -0.25) is 14.4 Å². The summed E-state index contributed by atoms with van der Waals surface area (Å²) in [6.07, 6.45) is 6.10. The molecule has 2 heterocycles. The van der Waals surface area contributed by atoms with E-state index in [4.69, 9.17) is 6.42 Å². The molecule has 4 nitrogen and oxygen atoms in total. The monoisotopic (exact) mass is 267 g/mol. The fourth-order valence-electron chi connectivity index (χ4n) is 2.10. The van der Waals surface area contributed by atoms with Crippen LogP contribution < -0.4 is 0 Å². The number of hydrogen-bond acceptors (Lipinski definition) is 3. The van der Waals surface area contributed by atoms with Crippen LogP contribution in [-0.4, -0.2) is 46.0 Å². The van der Waals surface area contributed by atoms with Gasteiger partial charge in [0.05, 0.1) is 13.1 Å². The average molecular weight is 267 g/mol. The normalized spacial score (nSPS) is 17.8. The second kappa shape index (κ2) is 5.10. The first-order valence-electron chi connectivity index (χ1n) is 6.05. The molecular weight excluding hydrogens is 252 g/mol. The van der Waals surface area contributed by atoms with E-state index in [9.17, 15) is 13.6 Å². The Hall–Kier alpha value is -1.74. The topological polar surface area (TPSA) is 38.1 Å². The van der Waals surface area contributed by atoms with Crippen molar-refractivity contribution in [3.05, 3.63) is 17.5 Å². The molecule has 6 heteroatoms. The lowest BCUT2D eigenvalue weighted by Crippen LogP contribution is -2.56. The summed E-state index contributed by atoms with van der Waals surface area (Å²) in [5.74, 6) is -0.227. The number of nitrogens with zero attached hydrogens (tertiary/aromatic N) is 3. The van der Waals surface area contributed by atoms with Gasteiger partial charge in [-0.05, 0) is 13.0 Å². The fraction of sp³-hybridized carbons (Fsp3) is 0.538. The van der Waals surface area contributed by atoms with E-state index >= 15 is 0 Å². The molecule has 2 rings (SSSR count). The Morgan fingerprint density at radius 1 is 1.58 bits per heavy atom. The number of likely N-dealkylation sites (tertiary alicyclic amines) is 1. The molecule has 1 saturated heterocycles. The Balaban J connectivity index is 1.77. The van der Waals surface area contributed by atoms with Gasteiger partial charge in [-0.15, -0.1) is 6.42 Å². The number of hydrogen-bond donors (Lipinski definition) is 0. The number of carbonyl (C=O) groups is 1. The standard InChI is InChI=1S/C13H15F2N3O/c1-3-10-7-11(16-17(10)2)12(19)5-4-6-18-8-13(14,15)9-18/h1,7H,4-6,8-9H2,2H3. The molecule has 0 unspecified atom stereocenters. The van der Waals surface area contributed by atoms with E-state index in [1.165, 1.54) is 4.68 Å². The molecule has 0 N–H and O–H groups in total. The highest BCUT2D eigenvalue weighted by molar-refractivity contribution is 5.94. The Bertz CT molecular complexity index is 522. The van der Waals surface area contributed by atoms with Gasteiger partial charge in [0.25, 0.3) is 5.92 Å². The van der Waals surface area contributed by atoms with Gasteiger partial charge in [-0.2, -0.15) is 5.10 Å². The highest BCUT2D eigenvalue weighted by Crippen LogP contribution is 2.26. The summed E-state index contributed by atoms with van der Waals surface area (Å²) < 4.78 is 26.6. The maximum Gasteiger partial charge on any atom is 0.272 e. The lowest BCUT2D eigenvalue weighted by atomic mass is 10.1. The van der Waals surface area contributed by atoms with Gasteiger partial charge in [0, 0.05) is 19.5 Å². The van der Waals surface area contributed by atoms with E-state index in [2.05, 4.69) is 11.0 Å². The van der Waals surface area contributed by atoms with Crippen molar-refractivity contribution in [2.75, 3.05) is 19.6 Å². The lowest BCUT2D eigenvalue weighted by molar-refractivity contribution is -0.130. The number of rotatable bonds is 5. The van der Waals surface area contributed by atoms with Crippen molar-refractivity contribution in [3.63, 3.8) is 0 Å². The van der Waals surface area contributed by atoms with Gasteiger partial charge in [0.2, 0.25) is 0 Å². The molecule has 0 radical (unpaired) electrons. The molecule has 1 aliphatic rings. The van der Waals surface area contributed by atoms with Crippen LogP contribution in [-0.2, 0) is 7.05 Å². The van der Waals surface area contributed by atoms with Gasteiger partial charge in [0.1, 0.15) is 11.4 Å². The number of ketones is 1. The van der Waals surface area contributed by atoms with Crippen LogP contribution in [0.3, 0.4) is 0 Å². The van der Waals surface area contributed by atoms with Crippen molar-refractivity contribution in [1.82, 2.24) is 14.7 Å². The first kappa shape index (κ1) is 13.7. The Morgan fingerprint density at radius 3 is 2.79 bits per heavy atom. The third-order valence-corrected chi connectivity index (χ3v) is 3.10. The van der Waals surface area contributed by atoms with E-state index in [0.717, 1.165) is 0 Å². The SMILES string of the molecule is C#Cc1cc(C(=O)CCCN2CC(F)(F)C2)nn1C. The van der Waals surface area contributed by atoms with E-state index in [-0.39, 0.29) is 18.9 Å². The lowest BCUT2D eigenvalue weighted by Gasteiger charge is -2.38. The number of Topliss-reactive ketones (excluding diaryl/α,β-unsaturated/α-hetero) is 1. The number of alkyl halides is 2. The summed E-state index contributed by atoms with van der Waals surface area (Å²) in [5, 5.41) is 4.03. The van der Waals surface area contributed by atoms with E-state index in [0.29, 0.717) is 30.8 Å². The van der Waals surface area contributed by atoms with Crippen molar-refractivity contribution in [2.45, 2.75) is 18.8 Å². The maximum atomic E-state index is 12.6. The zero-order valence-electron chi connectivity index (χ0n) is 10.7. The van der Waals surface area contributed by atoms with Crippen LogP contribution in [0.15, 0.2) is 6.07 Å². The van der Waals surface area contributed by atoms with E-state index < -0.39 is 5.92 Å². The average Bonchev–Trinajstić information content (AvgIpc) is 2.68. The van der Waals surface area contributed by atoms with Crippen molar-refractivity contribution in [3.8, 4) is 12.3 Å². The van der Waals surface area contributed by atoms with Gasteiger partial charge < -0.3 is 0 Å². The zero-order valence-corrected chi connectivity index (χ0v) is 10.7. The second-order valence-electron chi connectivity index (χ2n) is 4.78. The molecule has 1 aromatic rings. The fourth-order valence-corrected chi connectivity index (χ4v) is 2.10. The van der Waals surface area contributed by atoms with Crippen LogP contribution in [0.4, 0.5) is 8.78 Å². The van der Waals surface area contributed by atoms with Crippen LogP contribution >= 0.6 is 0 Å². The van der Waals surface area contributed by atoms with Crippen molar-refractivity contribution in [1.29, 1.82) is 0 Å². The van der Waals surface area contributed by atoms with Gasteiger partial charge in [0.15, 0.2) is 5.78 Å². The number of carbonyl (C=O) groups excluding carboxylic acids is 1. The first-order valence-corrected chi connectivity index (χ1v) is 6.05. The number of aryl methyl sites for hydroxylation is 1. The molecule has 0 amide bonds. The Labute approximate surface area is 110 Å². The van der Waals surface area contributed by atoms with Crippen molar-refractivity contribution >= 4 is 5.78 Å². The largest absolute Gasteiger partial charge is 0.292 e. The van der Waals surface area contributed by atoms with Gasteiger partial charge in [-0.1, -0.05) is 5.92 Å². The molecule has 0 spiro atoms. The summed E-state index contributed by atoms with van der Waals surface area (Å²) in [6, 6.07) is 1.57. The molecule has 0 saturated carbocycles. The predicted octanol–water partition coefficient (Wildman–Crippen LogP) is 1.32. The summed E-state index contributed by atoms with van der Waals surface area (Å²) >= 11 is 0. The Kier molecular flexibility index (Phi) is 3.67. The summed E-state index contributed by atoms with van der Waals surface area (Å²) in [6.45, 7) is 0.105. The molecule has 19 heavy (non-hydrogen) atoms. The minimum atomic E-state index is -2.55. The van der Waals surface area contributed by atoms with E-state index in [1.807, 2.05) is 0 Å². The molecule has 0 bridgehead atoms. The Morgan fingerprint density at radius 2 is 2.26 bits per heavy atom. The van der Waals surface area contributed by atoms with Gasteiger partial charge >= 0.3 is 0 Å². The predicted molar refractivity (Wildman–Crippen MR) is 66.1 cm³/mol. The molecule has 1 fully saturated rings. The molecule has 0 aliphatic carbocycles. The van der Waals surface area contributed by atoms with Crippen LogP contribution in [0.1, 0.15) is 29.0 Å². The van der Waals surface area contributed by atoms with Crippen LogP contribution in [0.5, 0.6) is 0 Å². The minimum Gasteiger partial charge on any atom is -0.292 e. The molecule has 1 aromatic heterocycles. The second-order valence-corrected chi connectivity index (χ2v) is 4.78. The van der Waals surface area contributed by atoms with Crippen molar-refractivity contribution in [2.24, 2.45) is 7.05 Å². The van der Waals surface area contributed by atoms with Gasteiger partial charge in [-0.25, -0.2) is 8.78 Å². The quantitative estimate of drug-likeness (QED) is 0.596. The molecular formula is C13H15F2N3O. The summed E-state index contributed by atoms with van der Waals surface area (Å²) in [7, 11) is 1.67. The van der Waals surface area contributed by atoms with Crippen LogP contribution in [0.2, 0.25) is 0 Å². The van der Waals surface area contributed by atoms with Crippen LogP contribution in [0, 0.1) is 12.3 Å². The maximum absolute atomic E-state index is 12.6. The molecule has 1 aliphatic heterocycles. The third-order valence-electron chi connectivity index (χ3n) is 3.10. The zero-order chi connectivity index (χ0) is 14.0. The number of halogens is 2.